The molecule has 1 amide bonds. The van der Waals surface area contributed by atoms with Crippen LogP contribution in [0, 0.1) is 6.92 Å². The number of carbonyl (C=O) groups is 1. The highest BCUT2D eigenvalue weighted by atomic mass is 16.5. The molecule has 7 heteroatoms. The summed E-state index contributed by atoms with van der Waals surface area (Å²) in [6.45, 7) is 7.83. The third-order valence-electron chi connectivity index (χ3n) is 5.98. The third-order valence-corrected chi connectivity index (χ3v) is 5.98. The smallest absolute Gasteiger partial charge is 0.253 e. The average Bonchev–Trinajstić information content (AvgIpc) is 3.53. The minimum atomic E-state index is -0.393. The van der Waals surface area contributed by atoms with Crippen LogP contribution in [0.15, 0.2) is 18.5 Å². The number of fused-ring (bicyclic) bond motifs is 1. The van der Waals surface area contributed by atoms with Crippen molar-refractivity contribution in [2.24, 2.45) is 0 Å². The molecule has 2 aromatic rings. The van der Waals surface area contributed by atoms with Crippen LogP contribution in [0.25, 0.3) is 10.9 Å². The van der Waals surface area contributed by atoms with E-state index in [1.165, 1.54) is 16.5 Å². The van der Waals surface area contributed by atoms with Gasteiger partial charge in [-0.25, -0.2) is 0 Å². The lowest BCUT2D eigenvalue weighted by atomic mass is 10.1. The molecular formula is C22H32N4O3. The number of carbonyl (C=O) groups excluding carboxylic acids is 1. The Morgan fingerprint density at radius 2 is 2.31 bits per heavy atom. The van der Waals surface area contributed by atoms with Crippen molar-refractivity contribution in [1.82, 2.24) is 19.8 Å². The molecule has 0 aromatic carbocycles. The monoisotopic (exact) mass is 400 g/mol. The quantitative estimate of drug-likeness (QED) is 0.690. The fourth-order valence-electron chi connectivity index (χ4n) is 4.24. The third kappa shape index (κ3) is 4.32. The van der Waals surface area contributed by atoms with Crippen molar-refractivity contribution in [2.75, 3.05) is 33.4 Å². The lowest BCUT2D eigenvalue weighted by Gasteiger charge is -2.34. The number of nitrogens with one attached hydrogen (secondary N) is 1. The molecule has 2 aliphatic rings. The van der Waals surface area contributed by atoms with Crippen molar-refractivity contribution in [3.05, 3.63) is 29.7 Å². The molecule has 2 atom stereocenters. The molecule has 1 saturated heterocycles. The van der Waals surface area contributed by atoms with Crippen molar-refractivity contribution < 1.29 is 14.3 Å². The largest absolute Gasteiger partial charge is 0.385 e. The van der Waals surface area contributed by atoms with Crippen LogP contribution in [-0.2, 0) is 20.8 Å². The predicted molar refractivity (Wildman–Crippen MR) is 112 cm³/mol. The van der Waals surface area contributed by atoms with Crippen LogP contribution in [-0.4, -0.2) is 65.9 Å². The summed E-state index contributed by atoms with van der Waals surface area (Å²) in [5.74, 6) is 0.0840. The van der Waals surface area contributed by atoms with Crippen molar-refractivity contribution in [3.8, 4) is 0 Å². The van der Waals surface area contributed by atoms with E-state index in [9.17, 15) is 4.79 Å². The highest BCUT2D eigenvalue weighted by Gasteiger charge is 2.40. The molecule has 1 aliphatic heterocycles. The Morgan fingerprint density at radius 3 is 3.00 bits per heavy atom. The molecule has 2 fully saturated rings. The zero-order valence-electron chi connectivity index (χ0n) is 17.7. The molecule has 0 spiro atoms. The van der Waals surface area contributed by atoms with Gasteiger partial charge in [-0.3, -0.25) is 9.78 Å². The van der Waals surface area contributed by atoms with E-state index in [2.05, 4.69) is 36.0 Å². The van der Waals surface area contributed by atoms with Gasteiger partial charge in [-0.1, -0.05) is 0 Å². The van der Waals surface area contributed by atoms with Crippen LogP contribution in [0.4, 0.5) is 0 Å². The van der Waals surface area contributed by atoms with Crippen molar-refractivity contribution in [1.29, 1.82) is 0 Å². The SMILES string of the molecule is COCCCn1cc(C)c2cnc([C@H](C)N(C(=O)[C@H]3CNCCO3)C3CC3)cc21. The topological polar surface area (TPSA) is 68.6 Å². The lowest BCUT2D eigenvalue weighted by molar-refractivity contribution is -0.148. The number of aryl methyl sites for hydroxylation is 2. The van der Waals surface area contributed by atoms with Gasteiger partial charge < -0.3 is 24.3 Å². The van der Waals surface area contributed by atoms with Gasteiger partial charge in [0.2, 0.25) is 0 Å². The number of amides is 1. The van der Waals surface area contributed by atoms with E-state index >= 15 is 0 Å². The minimum absolute atomic E-state index is 0.0763. The Morgan fingerprint density at radius 1 is 1.48 bits per heavy atom. The second-order valence-corrected chi connectivity index (χ2v) is 8.19. The Labute approximate surface area is 172 Å². The summed E-state index contributed by atoms with van der Waals surface area (Å²) >= 11 is 0. The first-order valence-corrected chi connectivity index (χ1v) is 10.7. The number of methoxy groups -OCH3 is 1. The second-order valence-electron chi connectivity index (χ2n) is 8.19. The van der Waals surface area contributed by atoms with E-state index in [1.807, 2.05) is 11.1 Å². The van der Waals surface area contributed by atoms with Gasteiger partial charge in [-0.15, -0.1) is 0 Å². The van der Waals surface area contributed by atoms with E-state index in [1.54, 1.807) is 7.11 Å². The minimum Gasteiger partial charge on any atom is -0.385 e. The van der Waals surface area contributed by atoms with Crippen LogP contribution in [0.1, 0.15) is 43.5 Å². The zero-order chi connectivity index (χ0) is 20.4. The standard InChI is InChI=1S/C22H32N4O3/c1-15-14-25(8-4-9-28-3)20-11-19(24-12-18(15)20)16(2)26(17-5-6-17)22(27)21-13-23-7-10-29-21/h11-12,14,16-17,21,23H,4-10,13H2,1-3H3/t16-,21+/m0/s1. The maximum absolute atomic E-state index is 13.2. The van der Waals surface area contributed by atoms with Crippen LogP contribution < -0.4 is 5.32 Å². The summed E-state index contributed by atoms with van der Waals surface area (Å²) in [5, 5.41) is 4.43. The number of morpholine rings is 1. The van der Waals surface area contributed by atoms with Crippen molar-refractivity contribution in [2.45, 2.75) is 57.8 Å². The Balaban J connectivity index is 1.59. The van der Waals surface area contributed by atoms with Gasteiger partial charge in [0.05, 0.1) is 23.9 Å². The number of rotatable bonds is 8. The summed E-state index contributed by atoms with van der Waals surface area (Å²) in [7, 11) is 1.73. The van der Waals surface area contributed by atoms with Gasteiger partial charge in [-0.2, -0.15) is 0 Å². The Kier molecular flexibility index (Phi) is 6.18. The Bertz CT molecular complexity index is 855. The molecule has 2 aromatic heterocycles. The van der Waals surface area contributed by atoms with Crippen LogP contribution in [0.2, 0.25) is 0 Å². The molecule has 1 aliphatic carbocycles. The van der Waals surface area contributed by atoms with Crippen molar-refractivity contribution >= 4 is 16.8 Å². The first-order chi connectivity index (χ1) is 14.1. The number of pyridine rings is 1. The molecule has 4 rings (SSSR count). The molecule has 1 saturated carbocycles. The molecule has 7 nitrogen and oxygen atoms in total. The van der Waals surface area contributed by atoms with E-state index < -0.39 is 6.10 Å². The molecular weight excluding hydrogens is 368 g/mol. The van der Waals surface area contributed by atoms with Gasteiger partial charge in [0.1, 0.15) is 6.10 Å². The second kappa shape index (κ2) is 8.81. The van der Waals surface area contributed by atoms with Crippen LogP contribution >= 0.6 is 0 Å². The van der Waals surface area contributed by atoms with Gasteiger partial charge in [0, 0.05) is 57.2 Å². The molecule has 1 N–H and O–H groups in total. The van der Waals surface area contributed by atoms with Gasteiger partial charge in [-0.05, 0) is 44.7 Å². The number of aromatic nitrogens is 2. The van der Waals surface area contributed by atoms with E-state index in [-0.39, 0.29) is 11.9 Å². The van der Waals surface area contributed by atoms with E-state index in [4.69, 9.17) is 14.5 Å². The Hall–Kier alpha value is -1.96. The first kappa shape index (κ1) is 20.3. The zero-order valence-corrected chi connectivity index (χ0v) is 17.7. The van der Waals surface area contributed by atoms with E-state index in [0.717, 1.165) is 44.7 Å². The molecule has 3 heterocycles. The number of hydrogen-bond donors (Lipinski definition) is 1. The highest BCUT2D eigenvalue weighted by Crippen LogP contribution is 2.35. The first-order valence-electron chi connectivity index (χ1n) is 10.7. The predicted octanol–water partition coefficient (Wildman–Crippen LogP) is 2.42. The number of nitrogens with zero attached hydrogens (tertiary/aromatic N) is 3. The summed E-state index contributed by atoms with van der Waals surface area (Å²) in [6.07, 6.45) is 6.83. The van der Waals surface area contributed by atoms with Crippen LogP contribution in [0.3, 0.4) is 0 Å². The van der Waals surface area contributed by atoms with Gasteiger partial charge in [0.25, 0.3) is 5.91 Å². The van der Waals surface area contributed by atoms with Gasteiger partial charge in [0.15, 0.2) is 0 Å². The summed E-state index contributed by atoms with van der Waals surface area (Å²) in [4.78, 5) is 20.0. The normalized spacial score (nSPS) is 20.7. The summed E-state index contributed by atoms with van der Waals surface area (Å²) in [6, 6.07) is 2.38. The van der Waals surface area contributed by atoms with Crippen molar-refractivity contribution in [3.63, 3.8) is 0 Å². The lowest BCUT2D eigenvalue weighted by Crippen LogP contribution is -2.50. The number of ether oxygens (including phenoxy) is 2. The van der Waals surface area contributed by atoms with Crippen LogP contribution in [0.5, 0.6) is 0 Å². The molecule has 0 radical (unpaired) electrons. The molecule has 29 heavy (non-hydrogen) atoms. The molecule has 158 valence electrons. The summed E-state index contributed by atoms with van der Waals surface area (Å²) < 4.78 is 13.2. The van der Waals surface area contributed by atoms with E-state index in [0.29, 0.717) is 19.2 Å². The molecule has 0 bridgehead atoms. The summed E-state index contributed by atoms with van der Waals surface area (Å²) in [5.41, 5.74) is 3.34. The number of hydrogen-bond acceptors (Lipinski definition) is 5. The van der Waals surface area contributed by atoms with Gasteiger partial charge >= 0.3 is 0 Å². The fraction of sp³-hybridized carbons (Fsp3) is 0.636. The molecule has 0 unspecified atom stereocenters. The average molecular weight is 401 g/mol. The maximum atomic E-state index is 13.2. The maximum Gasteiger partial charge on any atom is 0.253 e. The fourth-order valence-corrected chi connectivity index (χ4v) is 4.24. The highest BCUT2D eigenvalue weighted by molar-refractivity contribution is 5.84.